The standard InChI is InChI=1S/C89H174O17P2/c1-8-11-12-13-14-15-42-49-56-63-70-86(91)99-76-84(105-89(94)73-66-59-52-45-38-32-26-25-29-35-41-48-55-62-69-82(7)10-3)78-103-107(95,96)101-74-83(90)75-102-108(97,98)104-79-85(77-100-87(92)71-64-57-50-43-36-30-24-20-21-27-33-39-46-53-60-67-80(4)5)106-88(93)72-65-58-51-44-37-31-23-19-17-16-18-22-28-34-40-47-54-61-68-81(6)9-2/h80-85,90H,8-79H2,1-7H3,(H,95,96)(H,97,98)/t81?,82?,83-,84+,85+/m0/s1. The zero-order valence-corrected chi connectivity index (χ0v) is 73.1. The molecule has 108 heavy (non-hydrogen) atoms. The second-order valence-corrected chi connectivity index (χ2v) is 35.9. The molecule has 0 aromatic rings. The Labute approximate surface area is 664 Å². The molecule has 0 saturated carbocycles. The zero-order chi connectivity index (χ0) is 79.3. The van der Waals surface area contributed by atoms with Crippen molar-refractivity contribution >= 4 is 39.5 Å². The van der Waals surface area contributed by atoms with Gasteiger partial charge in [0.05, 0.1) is 26.4 Å². The number of phosphoric acid groups is 2. The van der Waals surface area contributed by atoms with E-state index in [2.05, 4.69) is 48.5 Å². The molecule has 0 aliphatic rings. The minimum Gasteiger partial charge on any atom is -0.462 e. The second-order valence-electron chi connectivity index (χ2n) is 32.9. The zero-order valence-electron chi connectivity index (χ0n) is 71.3. The molecule has 0 heterocycles. The van der Waals surface area contributed by atoms with Gasteiger partial charge in [0.1, 0.15) is 19.3 Å². The molecule has 0 aromatic carbocycles. The van der Waals surface area contributed by atoms with Gasteiger partial charge in [-0.3, -0.25) is 37.3 Å². The Bertz CT molecular complexity index is 2080. The average molecular weight is 1580 g/mol. The molecule has 0 rings (SSSR count). The molecule has 19 heteroatoms. The molecule has 3 N–H and O–H groups in total. The fourth-order valence-electron chi connectivity index (χ4n) is 13.8. The molecule has 17 nitrogen and oxygen atoms in total. The van der Waals surface area contributed by atoms with Crippen LogP contribution in [0.2, 0.25) is 0 Å². The van der Waals surface area contributed by atoms with E-state index in [1.165, 1.54) is 283 Å². The topological polar surface area (TPSA) is 237 Å². The van der Waals surface area contributed by atoms with Crippen LogP contribution < -0.4 is 0 Å². The smallest absolute Gasteiger partial charge is 0.462 e. The highest BCUT2D eigenvalue weighted by Crippen LogP contribution is 2.45. The number of hydrogen-bond donors (Lipinski definition) is 3. The summed E-state index contributed by atoms with van der Waals surface area (Å²) in [6.07, 6.45) is 70.7. The Morgan fingerprint density at radius 2 is 0.472 bits per heavy atom. The lowest BCUT2D eigenvalue weighted by molar-refractivity contribution is -0.161. The molecule has 0 spiro atoms. The van der Waals surface area contributed by atoms with Crippen LogP contribution in [0.5, 0.6) is 0 Å². The van der Waals surface area contributed by atoms with Crippen LogP contribution in [0, 0.1) is 17.8 Å². The minimum atomic E-state index is -4.97. The lowest BCUT2D eigenvalue weighted by Gasteiger charge is -2.21. The molecular formula is C89H174O17P2. The van der Waals surface area contributed by atoms with Crippen molar-refractivity contribution < 1.29 is 80.2 Å². The molecule has 0 amide bonds. The van der Waals surface area contributed by atoms with Crippen LogP contribution >= 0.6 is 15.6 Å². The third-order valence-corrected chi connectivity index (χ3v) is 23.5. The number of ether oxygens (including phenoxy) is 4. The maximum atomic E-state index is 13.2. The number of phosphoric ester groups is 2. The summed E-state index contributed by atoms with van der Waals surface area (Å²) in [5.41, 5.74) is 0. The average Bonchev–Trinajstić information content (AvgIpc) is 0.908. The summed E-state index contributed by atoms with van der Waals surface area (Å²) in [4.78, 5) is 73.3. The monoisotopic (exact) mass is 1580 g/mol. The number of carbonyl (C=O) groups is 4. The van der Waals surface area contributed by atoms with Gasteiger partial charge >= 0.3 is 39.5 Å². The molecule has 7 atom stereocenters. The van der Waals surface area contributed by atoms with E-state index in [1.807, 2.05) is 0 Å². The summed E-state index contributed by atoms with van der Waals surface area (Å²) in [6.45, 7) is 12.1. The summed E-state index contributed by atoms with van der Waals surface area (Å²) >= 11 is 0. The predicted octanol–water partition coefficient (Wildman–Crippen LogP) is 27.3. The molecular weight excluding hydrogens is 1400 g/mol. The summed E-state index contributed by atoms with van der Waals surface area (Å²) in [5.74, 6) is 0.423. The molecule has 0 aliphatic heterocycles. The first-order chi connectivity index (χ1) is 52.3. The van der Waals surface area contributed by atoms with Crippen molar-refractivity contribution in [3.8, 4) is 0 Å². The Morgan fingerprint density at radius 1 is 0.269 bits per heavy atom. The fraction of sp³-hybridized carbons (Fsp3) is 0.955. The van der Waals surface area contributed by atoms with Crippen molar-refractivity contribution in [3.05, 3.63) is 0 Å². The Morgan fingerprint density at radius 3 is 0.704 bits per heavy atom. The van der Waals surface area contributed by atoms with Crippen molar-refractivity contribution in [2.24, 2.45) is 17.8 Å². The molecule has 0 radical (unpaired) electrons. The number of esters is 4. The first-order valence-electron chi connectivity index (χ1n) is 45.9. The van der Waals surface area contributed by atoms with Crippen LogP contribution in [0.3, 0.4) is 0 Å². The third-order valence-electron chi connectivity index (χ3n) is 21.6. The van der Waals surface area contributed by atoms with Crippen LogP contribution in [0.4, 0.5) is 0 Å². The van der Waals surface area contributed by atoms with Crippen molar-refractivity contribution in [1.82, 2.24) is 0 Å². The van der Waals surface area contributed by atoms with Gasteiger partial charge in [-0.2, -0.15) is 0 Å². The van der Waals surface area contributed by atoms with Gasteiger partial charge in [0, 0.05) is 25.7 Å². The fourth-order valence-corrected chi connectivity index (χ4v) is 15.4. The van der Waals surface area contributed by atoms with E-state index in [0.29, 0.717) is 25.7 Å². The highest BCUT2D eigenvalue weighted by atomic mass is 31.2. The van der Waals surface area contributed by atoms with Crippen LogP contribution in [0.1, 0.15) is 472 Å². The maximum absolute atomic E-state index is 13.2. The molecule has 0 aliphatic carbocycles. The second kappa shape index (κ2) is 78.9. The number of rotatable bonds is 87. The van der Waals surface area contributed by atoms with Crippen molar-refractivity contribution in [2.45, 2.75) is 491 Å². The molecule has 0 bridgehead atoms. The largest absolute Gasteiger partial charge is 0.472 e. The van der Waals surface area contributed by atoms with E-state index in [0.717, 1.165) is 108 Å². The Kier molecular flexibility index (Phi) is 77.5. The van der Waals surface area contributed by atoms with E-state index in [-0.39, 0.29) is 25.7 Å². The Balaban J connectivity index is 5.22. The molecule has 0 aromatic heterocycles. The van der Waals surface area contributed by atoms with Crippen LogP contribution in [-0.4, -0.2) is 96.7 Å². The van der Waals surface area contributed by atoms with E-state index in [9.17, 15) is 43.2 Å². The van der Waals surface area contributed by atoms with Crippen molar-refractivity contribution in [1.29, 1.82) is 0 Å². The van der Waals surface area contributed by atoms with Crippen molar-refractivity contribution in [2.75, 3.05) is 39.6 Å². The molecule has 0 fully saturated rings. The van der Waals surface area contributed by atoms with Gasteiger partial charge in [-0.1, -0.05) is 421 Å². The number of unbranched alkanes of at least 4 members (excludes halogenated alkanes) is 53. The summed E-state index contributed by atoms with van der Waals surface area (Å²) in [7, 11) is -9.93. The minimum absolute atomic E-state index is 0.108. The van der Waals surface area contributed by atoms with E-state index >= 15 is 0 Å². The lowest BCUT2D eigenvalue weighted by Crippen LogP contribution is -2.30. The number of carbonyl (C=O) groups excluding carboxylic acids is 4. The van der Waals surface area contributed by atoms with E-state index in [4.69, 9.17) is 37.0 Å². The number of aliphatic hydroxyl groups is 1. The predicted molar refractivity (Wildman–Crippen MR) is 446 cm³/mol. The summed E-state index contributed by atoms with van der Waals surface area (Å²) in [6, 6.07) is 0. The van der Waals surface area contributed by atoms with Gasteiger partial charge in [0.25, 0.3) is 0 Å². The molecule has 4 unspecified atom stereocenters. The van der Waals surface area contributed by atoms with E-state index in [1.54, 1.807) is 0 Å². The van der Waals surface area contributed by atoms with Gasteiger partial charge in [0.15, 0.2) is 12.2 Å². The number of hydrogen-bond acceptors (Lipinski definition) is 15. The maximum Gasteiger partial charge on any atom is 0.472 e. The van der Waals surface area contributed by atoms with Crippen LogP contribution in [0.15, 0.2) is 0 Å². The Hall–Kier alpha value is -1.94. The van der Waals surface area contributed by atoms with Crippen LogP contribution in [0.25, 0.3) is 0 Å². The number of aliphatic hydroxyl groups excluding tert-OH is 1. The van der Waals surface area contributed by atoms with Crippen LogP contribution in [-0.2, 0) is 65.4 Å². The quantitative estimate of drug-likeness (QED) is 0.0222. The van der Waals surface area contributed by atoms with Gasteiger partial charge in [0.2, 0.25) is 0 Å². The molecule has 0 saturated heterocycles. The summed E-state index contributed by atoms with van der Waals surface area (Å²) < 4.78 is 69.0. The van der Waals surface area contributed by atoms with Gasteiger partial charge in [-0.25, -0.2) is 9.13 Å². The SMILES string of the molecule is CCCCCCCCCCCCC(=O)OC[C@H](COP(=O)(O)OC[C@H](O)COP(=O)(O)OC[C@@H](COC(=O)CCCCCCCCCCCCCCCCCC(C)C)OC(=O)CCCCCCCCCCCCCCCCCCCCC(C)CC)OC(=O)CCCCCCCCCCCCCCCCC(C)CC. The lowest BCUT2D eigenvalue weighted by atomic mass is 9.99. The summed E-state index contributed by atoms with van der Waals surface area (Å²) in [5, 5.41) is 10.7. The first-order valence-corrected chi connectivity index (χ1v) is 48.9. The third kappa shape index (κ3) is 79.3. The van der Waals surface area contributed by atoms with E-state index < -0.39 is 97.5 Å². The first kappa shape index (κ1) is 106. The van der Waals surface area contributed by atoms with Crippen molar-refractivity contribution in [3.63, 3.8) is 0 Å². The highest BCUT2D eigenvalue weighted by Gasteiger charge is 2.31. The highest BCUT2D eigenvalue weighted by molar-refractivity contribution is 7.47. The molecule has 642 valence electrons. The van der Waals surface area contributed by atoms with Gasteiger partial charge in [-0.15, -0.1) is 0 Å². The van der Waals surface area contributed by atoms with Gasteiger partial charge < -0.3 is 33.8 Å². The van der Waals surface area contributed by atoms with Gasteiger partial charge in [-0.05, 0) is 43.4 Å². The normalized spacial score (nSPS) is 14.3.